The summed E-state index contributed by atoms with van der Waals surface area (Å²) in [7, 11) is 0. The van der Waals surface area contributed by atoms with Crippen LogP contribution in [0.5, 0.6) is 0 Å². The average molecular weight is 228 g/mol. The molecular formula is C14H32N2. The fourth-order valence-electron chi connectivity index (χ4n) is 0.253. The lowest BCUT2D eigenvalue weighted by atomic mass is 10.6. The molecule has 0 N–H and O–H groups in total. The molecule has 2 heteroatoms. The number of nitrogens with zero attached hydrogens (tertiary/aromatic N) is 2. The van der Waals surface area contributed by atoms with Gasteiger partial charge in [0.2, 0.25) is 0 Å². The van der Waals surface area contributed by atoms with Crippen molar-refractivity contribution in [3.8, 4) is 0 Å². The second kappa shape index (κ2) is 36.9. The van der Waals surface area contributed by atoms with Gasteiger partial charge in [-0.25, -0.2) is 9.97 Å². The first-order chi connectivity index (χ1) is 7.24. The Hall–Kier alpha value is -0.920. The highest BCUT2D eigenvalue weighted by atomic mass is 14.8. The quantitative estimate of drug-likeness (QED) is 0.597. The fraction of sp³-hybridized carbons (Fsp3) is 0.714. The van der Waals surface area contributed by atoms with Gasteiger partial charge in [0.1, 0.15) is 6.33 Å². The first-order valence-electron chi connectivity index (χ1n) is 5.94. The summed E-state index contributed by atoms with van der Waals surface area (Å²) in [6.07, 6.45) is 8.62. The molecule has 2 nitrogen and oxygen atoms in total. The van der Waals surface area contributed by atoms with Gasteiger partial charge in [0.05, 0.1) is 0 Å². The van der Waals surface area contributed by atoms with Crippen LogP contribution in [0.1, 0.15) is 68.2 Å². The summed E-state index contributed by atoms with van der Waals surface area (Å²) in [5.41, 5.74) is 0. The van der Waals surface area contributed by atoms with Gasteiger partial charge in [0.25, 0.3) is 0 Å². The van der Waals surface area contributed by atoms with Crippen molar-refractivity contribution in [1.29, 1.82) is 0 Å². The molecule has 1 rings (SSSR count). The van der Waals surface area contributed by atoms with Gasteiger partial charge < -0.3 is 0 Å². The molecule has 0 saturated heterocycles. The summed E-state index contributed by atoms with van der Waals surface area (Å²) in [5, 5.41) is 0. The Balaban J connectivity index is -0.0000000637. The predicted octanol–water partition coefficient (Wildman–Crippen LogP) is 5.36. The highest BCUT2D eigenvalue weighted by Gasteiger charge is 1.59. The molecule has 0 saturated carbocycles. The second-order valence-electron chi connectivity index (χ2n) is 3.03. The second-order valence-corrected chi connectivity index (χ2v) is 3.03. The van der Waals surface area contributed by atoms with Crippen LogP contribution in [0.3, 0.4) is 0 Å². The third-order valence-electron chi connectivity index (χ3n) is 0.478. The van der Waals surface area contributed by atoms with Gasteiger partial charge in [-0.15, -0.1) is 0 Å². The molecule has 0 radical (unpaired) electrons. The van der Waals surface area contributed by atoms with Crippen LogP contribution in [0.2, 0.25) is 0 Å². The van der Waals surface area contributed by atoms with Crippen molar-refractivity contribution in [2.45, 2.75) is 68.2 Å². The Morgan fingerprint density at radius 3 is 1.00 bits per heavy atom. The van der Waals surface area contributed by atoms with E-state index in [1.165, 1.54) is 25.6 Å². The number of aromatic nitrogens is 2. The van der Waals surface area contributed by atoms with Gasteiger partial charge in [-0.05, 0) is 6.07 Å². The normalized spacial score (nSPS) is 6.38. The minimum absolute atomic E-state index is 0. The zero-order chi connectivity index (χ0) is 12.4. The van der Waals surface area contributed by atoms with Crippen LogP contribution >= 0.6 is 0 Å². The maximum atomic E-state index is 3.67. The third-order valence-corrected chi connectivity index (χ3v) is 0.478. The molecule has 0 amide bonds. The van der Waals surface area contributed by atoms with E-state index >= 15 is 0 Å². The molecule has 0 aliphatic heterocycles. The molecule has 1 aromatic rings. The molecule has 0 aliphatic rings. The zero-order valence-corrected chi connectivity index (χ0v) is 11.3. The van der Waals surface area contributed by atoms with Gasteiger partial charge in [0.15, 0.2) is 0 Å². The molecule has 0 unspecified atom stereocenters. The SMILES string of the molecule is C.CCC.CCC.CCC.c1cncnc1. The van der Waals surface area contributed by atoms with Crippen molar-refractivity contribution < 1.29 is 0 Å². The molecule has 0 atom stereocenters. The Bertz CT molecular complexity index is 109. The maximum absolute atomic E-state index is 3.67. The van der Waals surface area contributed by atoms with Crippen LogP contribution < -0.4 is 0 Å². The van der Waals surface area contributed by atoms with Gasteiger partial charge in [-0.2, -0.15) is 0 Å². The highest BCUT2D eigenvalue weighted by molar-refractivity contribution is 4.74. The van der Waals surface area contributed by atoms with Crippen molar-refractivity contribution >= 4 is 0 Å². The molecule has 0 aliphatic carbocycles. The van der Waals surface area contributed by atoms with Crippen molar-refractivity contribution in [3.63, 3.8) is 0 Å². The summed E-state index contributed by atoms with van der Waals surface area (Å²) in [6.45, 7) is 12.8. The largest absolute Gasteiger partial charge is 0.245 e. The maximum Gasteiger partial charge on any atom is 0.115 e. The first kappa shape index (κ1) is 24.4. The summed E-state index contributed by atoms with van der Waals surface area (Å²) in [4.78, 5) is 7.35. The number of rotatable bonds is 0. The summed E-state index contributed by atoms with van der Waals surface area (Å²) in [6, 6.07) is 1.78. The average Bonchev–Trinajstić information content (AvgIpc) is 2.24. The standard InChI is InChI=1S/C4H4N2.3C3H8.CH4/c1-2-5-4-6-3-1;3*1-3-2;/h1-4H;3*3H2,1-2H3;1H4. The van der Waals surface area contributed by atoms with E-state index in [-0.39, 0.29) is 7.43 Å². The monoisotopic (exact) mass is 228 g/mol. The summed E-state index contributed by atoms with van der Waals surface area (Å²) >= 11 is 0. The van der Waals surface area contributed by atoms with E-state index in [0.717, 1.165) is 0 Å². The van der Waals surface area contributed by atoms with Crippen LogP contribution in [0.25, 0.3) is 0 Å². The molecule has 98 valence electrons. The number of hydrogen-bond donors (Lipinski definition) is 0. The minimum atomic E-state index is 0. The van der Waals surface area contributed by atoms with E-state index in [2.05, 4.69) is 51.5 Å². The lowest BCUT2D eigenvalue weighted by Gasteiger charge is -1.70. The van der Waals surface area contributed by atoms with E-state index in [0.29, 0.717) is 0 Å². The molecule has 0 aromatic carbocycles. The summed E-state index contributed by atoms with van der Waals surface area (Å²) < 4.78 is 0. The van der Waals surface area contributed by atoms with E-state index < -0.39 is 0 Å². The first-order valence-corrected chi connectivity index (χ1v) is 5.94. The van der Waals surface area contributed by atoms with Crippen LogP contribution in [0.4, 0.5) is 0 Å². The molecule has 16 heavy (non-hydrogen) atoms. The Morgan fingerprint density at radius 1 is 0.688 bits per heavy atom. The van der Waals surface area contributed by atoms with Crippen molar-refractivity contribution in [2.75, 3.05) is 0 Å². The Labute approximate surface area is 104 Å². The smallest absolute Gasteiger partial charge is 0.115 e. The molecule has 1 aromatic heterocycles. The minimum Gasteiger partial charge on any atom is -0.245 e. The van der Waals surface area contributed by atoms with Crippen LogP contribution in [0, 0.1) is 0 Å². The lowest BCUT2D eigenvalue weighted by Crippen LogP contribution is -1.66. The van der Waals surface area contributed by atoms with E-state index in [1.54, 1.807) is 18.5 Å². The fourth-order valence-corrected chi connectivity index (χ4v) is 0.253. The zero-order valence-electron chi connectivity index (χ0n) is 11.3. The van der Waals surface area contributed by atoms with E-state index in [1.807, 2.05) is 0 Å². The molecule has 0 spiro atoms. The molecular weight excluding hydrogens is 196 g/mol. The molecule has 0 bridgehead atoms. The molecule has 1 heterocycles. The predicted molar refractivity (Wildman–Crippen MR) is 76.7 cm³/mol. The van der Waals surface area contributed by atoms with Crippen LogP contribution in [0.15, 0.2) is 24.8 Å². The Morgan fingerprint density at radius 2 is 0.938 bits per heavy atom. The van der Waals surface area contributed by atoms with Gasteiger partial charge in [-0.3, -0.25) is 0 Å². The topological polar surface area (TPSA) is 25.8 Å². The van der Waals surface area contributed by atoms with Crippen molar-refractivity contribution in [3.05, 3.63) is 24.8 Å². The van der Waals surface area contributed by atoms with Gasteiger partial charge >= 0.3 is 0 Å². The van der Waals surface area contributed by atoms with Crippen LogP contribution in [-0.4, -0.2) is 9.97 Å². The van der Waals surface area contributed by atoms with E-state index in [4.69, 9.17) is 0 Å². The van der Waals surface area contributed by atoms with E-state index in [9.17, 15) is 0 Å². The highest BCUT2D eigenvalue weighted by Crippen LogP contribution is 1.66. The lowest BCUT2D eigenvalue weighted by molar-refractivity contribution is 1.09. The van der Waals surface area contributed by atoms with Crippen molar-refractivity contribution in [1.82, 2.24) is 9.97 Å². The van der Waals surface area contributed by atoms with Gasteiger partial charge in [0, 0.05) is 12.4 Å². The third kappa shape index (κ3) is 74.0. The molecule has 0 fully saturated rings. The number of hydrogen-bond acceptors (Lipinski definition) is 2. The summed E-state index contributed by atoms with van der Waals surface area (Å²) in [5.74, 6) is 0. The van der Waals surface area contributed by atoms with Gasteiger partial charge in [-0.1, -0.05) is 68.2 Å². The Kier molecular flexibility index (Phi) is 56.2. The van der Waals surface area contributed by atoms with Crippen molar-refractivity contribution in [2.24, 2.45) is 0 Å². The van der Waals surface area contributed by atoms with Crippen LogP contribution in [-0.2, 0) is 0 Å².